The normalized spacial score (nSPS) is 21.6. The number of allylic oxidation sites excluding steroid dienone is 1. The van der Waals surface area contributed by atoms with Crippen molar-refractivity contribution < 1.29 is 23.8 Å². The number of carbonyl (C=O) groups is 2. The molecule has 1 fully saturated rings. The minimum absolute atomic E-state index is 0.0224. The SMILES string of the molecule is CCN1C(=O)N2Cc3cc(OC)cc(OC)c3CC/C=C\2C1(C)CCN(C)C(=O)OC(C)(C)C. The van der Waals surface area contributed by atoms with Crippen LogP contribution in [-0.4, -0.2) is 72.3 Å². The molecule has 8 heteroatoms. The van der Waals surface area contributed by atoms with Gasteiger partial charge in [-0.15, -0.1) is 0 Å². The van der Waals surface area contributed by atoms with E-state index in [9.17, 15) is 9.59 Å². The summed E-state index contributed by atoms with van der Waals surface area (Å²) in [5.74, 6) is 1.49. The van der Waals surface area contributed by atoms with Crippen LogP contribution in [-0.2, 0) is 17.7 Å². The Morgan fingerprint density at radius 1 is 1.21 bits per heavy atom. The number of hydrogen-bond acceptors (Lipinski definition) is 5. The van der Waals surface area contributed by atoms with Gasteiger partial charge in [0.05, 0.1) is 26.3 Å². The lowest BCUT2D eigenvalue weighted by molar-refractivity contribution is 0.0280. The Morgan fingerprint density at radius 2 is 1.91 bits per heavy atom. The summed E-state index contributed by atoms with van der Waals surface area (Å²) in [6.07, 6.45) is 4.02. The number of nitrogens with zero attached hydrogens (tertiary/aromatic N) is 3. The molecule has 0 N–H and O–H groups in total. The molecule has 3 rings (SSSR count). The standard InChI is InChI=1S/C26H39N3O5/c1-9-29-23(30)28-17-18-15-19(32-7)16-21(33-8)20(18)11-10-12-22(28)26(29,5)13-14-27(6)24(31)34-25(2,3)4/h12,15-16H,9-11,13-14,17H2,1-8H3/b22-12-. The van der Waals surface area contributed by atoms with Gasteiger partial charge < -0.3 is 24.0 Å². The van der Waals surface area contributed by atoms with E-state index in [0.29, 0.717) is 31.8 Å². The van der Waals surface area contributed by atoms with E-state index in [4.69, 9.17) is 14.2 Å². The van der Waals surface area contributed by atoms with Crippen molar-refractivity contribution in [3.63, 3.8) is 0 Å². The monoisotopic (exact) mass is 473 g/mol. The number of methoxy groups -OCH3 is 2. The summed E-state index contributed by atoms with van der Waals surface area (Å²) < 4.78 is 16.6. The predicted octanol–water partition coefficient (Wildman–Crippen LogP) is 4.81. The molecule has 0 aliphatic carbocycles. The molecular formula is C26H39N3O5. The van der Waals surface area contributed by atoms with Crippen LogP contribution in [0.4, 0.5) is 9.59 Å². The Kier molecular flexibility index (Phi) is 7.38. The highest BCUT2D eigenvalue weighted by Crippen LogP contribution is 2.42. The smallest absolute Gasteiger partial charge is 0.410 e. The van der Waals surface area contributed by atoms with Crippen molar-refractivity contribution in [3.8, 4) is 11.5 Å². The number of ether oxygens (including phenoxy) is 3. The molecule has 34 heavy (non-hydrogen) atoms. The van der Waals surface area contributed by atoms with Gasteiger partial charge in [0.2, 0.25) is 0 Å². The van der Waals surface area contributed by atoms with Crippen molar-refractivity contribution in [2.24, 2.45) is 0 Å². The van der Waals surface area contributed by atoms with Crippen molar-refractivity contribution in [3.05, 3.63) is 35.0 Å². The number of hydrogen-bond donors (Lipinski definition) is 0. The van der Waals surface area contributed by atoms with Crippen LogP contribution in [0.15, 0.2) is 23.9 Å². The molecule has 8 nitrogen and oxygen atoms in total. The maximum absolute atomic E-state index is 13.6. The molecule has 1 aromatic carbocycles. The maximum Gasteiger partial charge on any atom is 0.410 e. The number of carbonyl (C=O) groups excluding carboxylic acids is 2. The van der Waals surface area contributed by atoms with Crippen LogP contribution in [0.5, 0.6) is 11.5 Å². The first-order valence-electron chi connectivity index (χ1n) is 11.9. The lowest BCUT2D eigenvalue weighted by Crippen LogP contribution is -2.46. The summed E-state index contributed by atoms with van der Waals surface area (Å²) in [6.45, 7) is 11.1. The molecule has 188 valence electrons. The molecule has 1 atom stereocenters. The molecule has 2 aliphatic heterocycles. The first-order chi connectivity index (χ1) is 15.9. The van der Waals surface area contributed by atoms with E-state index in [1.54, 1.807) is 26.2 Å². The molecule has 0 bridgehead atoms. The molecule has 0 spiro atoms. The molecule has 1 saturated heterocycles. The fraction of sp³-hybridized carbons (Fsp3) is 0.615. The van der Waals surface area contributed by atoms with Crippen molar-refractivity contribution in [1.29, 1.82) is 0 Å². The third kappa shape index (κ3) is 4.95. The van der Waals surface area contributed by atoms with Crippen molar-refractivity contribution in [2.45, 2.75) is 71.6 Å². The Labute approximate surface area is 203 Å². The van der Waals surface area contributed by atoms with E-state index in [1.807, 2.05) is 49.6 Å². The summed E-state index contributed by atoms with van der Waals surface area (Å²) >= 11 is 0. The molecule has 1 unspecified atom stereocenters. The average Bonchev–Trinajstić information content (AvgIpc) is 2.94. The lowest BCUT2D eigenvalue weighted by Gasteiger charge is -2.36. The molecule has 2 aliphatic rings. The van der Waals surface area contributed by atoms with E-state index < -0.39 is 11.1 Å². The molecule has 1 aromatic rings. The van der Waals surface area contributed by atoms with Gasteiger partial charge in [-0.2, -0.15) is 0 Å². The van der Waals surface area contributed by atoms with Crippen molar-refractivity contribution in [1.82, 2.24) is 14.7 Å². The highest BCUT2D eigenvalue weighted by molar-refractivity contribution is 5.82. The number of benzene rings is 1. The number of amides is 3. The van der Waals surface area contributed by atoms with E-state index in [0.717, 1.165) is 35.4 Å². The van der Waals surface area contributed by atoms with Crippen LogP contribution in [0.3, 0.4) is 0 Å². The van der Waals surface area contributed by atoms with Gasteiger partial charge in [-0.1, -0.05) is 6.08 Å². The van der Waals surface area contributed by atoms with Gasteiger partial charge in [0.1, 0.15) is 17.1 Å². The van der Waals surface area contributed by atoms with Gasteiger partial charge >= 0.3 is 12.1 Å². The fourth-order valence-corrected chi connectivity index (χ4v) is 4.86. The Hall–Kier alpha value is -2.90. The third-order valence-electron chi connectivity index (χ3n) is 6.65. The predicted molar refractivity (Wildman–Crippen MR) is 131 cm³/mol. The Bertz CT molecular complexity index is 968. The van der Waals surface area contributed by atoms with Gasteiger partial charge in [-0.05, 0) is 71.1 Å². The van der Waals surface area contributed by atoms with Crippen molar-refractivity contribution >= 4 is 12.1 Å². The van der Waals surface area contributed by atoms with Gasteiger partial charge in [0.25, 0.3) is 0 Å². The van der Waals surface area contributed by atoms with Crippen LogP contribution < -0.4 is 9.47 Å². The quantitative estimate of drug-likeness (QED) is 0.593. The highest BCUT2D eigenvalue weighted by Gasteiger charge is 2.50. The minimum Gasteiger partial charge on any atom is -0.497 e. The first kappa shape index (κ1) is 25.7. The number of likely N-dealkylation sites (N-methyl/N-ethyl adjacent to an activating group) is 1. The number of fused-ring (bicyclic) bond motifs is 2. The van der Waals surface area contributed by atoms with Crippen LogP contribution in [0, 0.1) is 0 Å². The zero-order valence-corrected chi connectivity index (χ0v) is 21.9. The van der Waals surface area contributed by atoms with E-state index in [2.05, 4.69) is 13.0 Å². The summed E-state index contributed by atoms with van der Waals surface area (Å²) in [6, 6.07) is 3.87. The molecular weight excluding hydrogens is 434 g/mol. The van der Waals surface area contributed by atoms with Crippen LogP contribution in [0.2, 0.25) is 0 Å². The largest absolute Gasteiger partial charge is 0.497 e. The zero-order chi connectivity index (χ0) is 25.3. The van der Waals surface area contributed by atoms with E-state index in [-0.39, 0.29) is 12.1 Å². The minimum atomic E-state index is -0.553. The van der Waals surface area contributed by atoms with Gasteiger partial charge in [0, 0.05) is 31.9 Å². The number of urea groups is 1. The Balaban J connectivity index is 1.90. The summed E-state index contributed by atoms with van der Waals surface area (Å²) in [7, 11) is 5.03. The van der Waals surface area contributed by atoms with Gasteiger partial charge in [-0.3, -0.25) is 4.90 Å². The Morgan fingerprint density at radius 3 is 2.50 bits per heavy atom. The summed E-state index contributed by atoms with van der Waals surface area (Å²) in [4.78, 5) is 31.4. The molecule has 0 radical (unpaired) electrons. The summed E-state index contributed by atoms with van der Waals surface area (Å²) in [5, 5.41) is 0. The summed E-state index contributed by atoms with van der Waals surface area (Å²) in [5.41, 5.74) is 2.05. The van der Waals surface area contributed by atoms with Crippen molar-refractivity contribution in [2.75, 3.05) is 34.4 Å². The van der Waals surface area contributed by atoms with E-state index in [1.165, 1.54) is 0 Å². The fourth-order valence-electron chi connectivity index (χ4n) is 4.86. The van der Waals surface area contributed by atoms with Gasteiger partial charge in [-0.25, -0.2) is 9.59 Å². The zero-order valence-electron chi connectivity index (χ0n) is 21.9. The molecule has 2 heterocycles. The molecule has 3 amide bonds. The first-order valence-corrected chi connectivity index (χ1v) is 11.9. The molecule has 0 aromatic heterocycles. The van der Waals surface area contributed by atoms with Crippen LogP contribution in [0.25, 0.3) is 0 Å². The maximum atomic E-state index is 13.6. The third-order valence-corrected chi connectivity index (χ3v) is 6.65. The topological polar surface area (TPSA) is 71.6 Å². The lowest BCUT2D eigenvalue weighted by atomic mass is 9.89. The van der Waals surface area contributed by atoms with Crippen LogP contribution in [0.1, 0.15) is 58.6 Å². The molecule has 0 saturated carbocycles. The van der Waals surface area contributed by atoms with E-state index >= 15 is 0 Å². The second-order valence-electron chi connectivity index (χ2n) is 10.1. The number of rotatable bonds is 6. The van der Waals surface area contributed by atoms with Gasteiger partial charge in [0.15, 0.2) is 0 Å². The van der Waals surface area contributed by atoms with Crippen LogP contribution >= 0.6 is 0 Å². The second-order valence-corrected chi connectivity index (χ2v) is 10.1. The highest BCUT2D eigenvalue weighted by atomic mass is 16.6. The average molecular weight is 474 g/mol. The second kappa shape index (κ2) is 9.76.